The van der Waals surface area contributed by atoms with E-state index in [1.165, 1.54) is 30.4 Å². The summed E-state index contributed by atoms with van der Waals surface area (Å²) in [4.78, 5) is 0. The molecule has 0 spiro atoms. The first-order chi connectivity index (χ1) is 5.59. The summed E-state index contributed by atoms with van der Waals surface area (Å²) in [6.45, 7) is 12.3. The average molecular weight is 162 g/mol. The summed E-state index contributed by atoms with van der Waals surface area (Å²) in [5, 5.41) is 0. The van der Waals surface area contributed by atoms with Crippen molar-refractivity contribution in [2.24, 2.45) is 5.41 Å². The van der Waals surface area contributed by atoms with E-state index in [1.54, 1.807) is 0 Å². The van der Waals surface area contributed by atoms with Crippen molar-refractivity contribution in [3.63, 3.8) is 0 Å². The summed E-state index contributed by atoms with van der Waals surface area (Å²) < 4.78 is 0. The van der Waals surface area contributed by atoms with Gasteiger partial charge < -0.3 is 0 Å². The van der Waals surface area contributed by atoms with Gasteiger partial charge in [-0.25, -0.2) is 0 Å². The van der Waals surface area contributed by atoms with Crippen molar-refractivity contribution in [2.75, 3.05) is 0 Å². The van der Waals surface area contributed by atoms with Crippen LogP contribution in [-0.2, 0) is 0 Å². The second-order valence-electron chi connectivity index (χ2n) is 3.83. The molecule has 0 radical (unpaired) electrons. The Balaban J connectivity index is 3.01. The molecule has 66 valence electrons. The van der Waals surface area contributed by atoms with Crippen LogP contribution in [0.1, 0.15) is 33.1 Å². The number of hydrogen-bond acceptors (Lipinski definition) is 0. The van der Waals surface area contributed by atoms with E-state index in [1.807, 2.05) is 0 Å². The molecule has 0 unspecified atom stereocenters. The Morgan fingerprint density at radius 3 is 2.08 bits per heavy atom. The van der Waals surface area contributed by atoms with Crippen LogP contribution in [0.3, 0.4) is 0 Å². The Morgan fingerprint density at radius 1 is 1.25 bits per heavy atom. The van der Waals surface area contributed by atoms with Crippen molar-refractivity contribution < 1.29 is 0 Å². The van der Waals surface area contributed by atoms with Crippen LogP contribution in [0.4, 0.5) is 0 Å². The van der Waals surface area contributed by atoms with Gasteiger partial charge in [0.05, 0.1) is 0 Å². The lowest BCUT2D eigenvalue weighted by Gasteiger charge is -2.34. The SMILES string of the molecule is C=C(C)C1(C(=C)C)C=CCCC1. The molecule has 0 nitrogen and oxygen atoms in total. The molecule has 0 heteroatoms. The summed E-state index contributed by atoms with van der Waals surface area (Å²) in [6, 6.07) is 0. The van der Waals surface area contributed by atoms with Crippen LogP contribution in [0.2, 0.25) is 0 Å². The predicted octanol–water partition coefficient (Wildman–Crippen LogP) is 3.87. The first-order valence-corrected chi connectivity index (χ1v) is 4.59. The van der Waals surface area contributed by atoms with Crippen LogP contribution in [-0.4, -0.2) is 0 Å². The molecule has 0 fully saturated rings. The Kier molecular flexibility index (Phi) is 2.56. The fraction of sp³-hybridized carbons (Fsp3) is 0.500. The highest BCUT2D eigenvalue weighted by atomic mass is 14.3. The second kappa shape index (κ2) is 3.30. The third kappa shape index (κ3) is 1.38. The molecule has 1 aliphatic rings. The van der Waals surface area contributed by atoms with E-state index < -0.39 is 0 Å². The second-order valence-corrected chi connectivity index (χ2v) is 3.83. The van der Waals surface area contributed by atoms with Gasteiger partial charge in [0.2, 0.25) is 0 Å². The van der Waals surface area contributed by atoms with Crippen molar-refractivity contribution in [3.8, 4) is 0 Å². The van der Waals surface area contributed by atoms with Crippen molar-refractivity contribution in [3.05, 3.63) is 36.5 Å². The normalized spacial score (nSPS) is 20.5. The van der Waals surface area contributed by atoms with Gasteiger partial charge in [-0.1, -0.05) is 36.5 Å². The molecule has 0 aliphatic heterocycles. The lowest BCUT2D eigenvalue weighted by atomic mass is 9.70. The van der Waals surface area contributed by atoms with Gasteiger partial charge in [-0.2, -0.15) is 0 Å². The first-order valence-electron chi connectivity index (χ1n) is 4.59. The van der Waals surface area contributed by atoms with Gasteiger partial charge in [0.25, 0.3) is 0 Å². The van der Waals surface area contributed by atoms with E-state index >= 15 is 0 Å². The number of hydrogen-bond donors (Lipinski definition) is 0. The molecular weight excluding hydrogens is 144 g/mol. The smallest absolute Gasteiger partial charge is 0.0290 e. The Hall–Kier alpha value is -0.780. The van der Waals surface area contributed by atoms with E-state index in [0.717, 1.165) is 0 Å². The molecule has 0 amide bonds. The molecule has 0 N–H and O–H groups in total. The van der Waals surface area contributed by atoms with Crippen LogP contribution in [0, 0.1) is 5.41 Å². The summed E-state index contributed by atoms with van der Waals surface area (Å²) in [5.74, 6) is 0. The first kappa shape index (κ1) is 9.31. The Labute approximate surface area is 75.7 Å². The number of allylic oxidation sites excluding steroid dienone is 4. The van der Waals surface area contributed by atoms with Crippen molar-refractivity contribution in [1.29, 1.82) is 0 Å². The highest BCUT2D eigenvalue weighted by molar-refractivity contribution is 5.32. The van der Waals surface area contributed by atoms with Gasteiger partial charge in [0.15, 0.2) is 0 Å². The van der Waals surface area contributed by atoms with E-state index in [-0.39, 0.29) is 5.41 Å². The summed E-state index contributed by atoms with van der Waals surface area (Å²) in [6.07, 6.45) is 8.20. The molecule has 0 saturated carbocycles. The minimum atomic E-state index is 0.109. The molecule has 12 heavy (non-hydrogen) atoms. The van der Waals surface area contributed by atoms with Crippen molar-refractivity contribution in [1.82, 2.24) is 0 Å². The Bertz CT molecular complexity index is 216. The summed E-state index contributed by atoms with van der Waals surface area (Å²) >= 11 is 0. The van der Waals surface area contributed by atoms with Gasteiger partial charge in [0, 0.05) is 5.41 Å². The molecular formula is C12H18. The molecule has 0 atom stereocenters. The van der Waals surface area contributed by atoms with Gasteiger partial charge >= 0.3 is 0 Å². The molecule has 1 aliphatic carbocycles. The van der Waals surface area contributed by atoms with Crippen LogP contribution in [0.5, 0.6) is 0 Å². The van der Waals surface area contributed by atoms with E-state index in [4.69, 9.17) is 0 Å². The van der Waals surface area contributed by atoms with Crippen LogP contribution in [0.25, 0.3) is 0 Å². The minimum absolute atomic E-state index is 0.109. The van der Waals surface area contributed by atoms with E-state index in [0.29, 0.717) is 0 Å². The van der Waals surface area contributed by atoms with Gasteiger partial charge in [-0.05, 0) is 33.1 Å². The van der Waals surface area contributed by atoms with E-state index in [2.05, 4.69) is 39.2 Å². The molecule has 0 aromatic carbocycles. The monoisotopic (exact) mass is 162 g/mol. The lowest BCUT2D eigenvalue weighted by molar-refractivity contribution is 0.462. The van der Waals surface area contributed by atoms with Crippen LogP contribution >= 0.6 is 0 Å². The predicted molar refractivity (Wildman–Crippen MR) is 55.1 cm³/mol. The summed E-state index contributed by atoms with van der Waals surface area (Å²) in [7, 11) is 0. The standard InChI is InChI=1S/C12H18/c1-10(2)12(11(3)4)8-6-5-7-9-12/h6,8H,1,3,5,7,9H2,2,4H3. The molecule has 0 aromatic heterocycles. The van der Waals surface area contributed by atoms with Crippen molar-refractivity contribution in [2.45, 2.75) is 33.1 Å². The maximum atomic E-state index is 4.06. The zero-order valence-corrected chi connectivity index (χ0v) is 8.19. The van der Waals surface area contributed by atoms with Gasteiger partial charge in [-0.15, -0.1) is 0 Å². The zero-order valence-electron chi connectivity index (χ0n) is 8.19. The lowest BCUT2D eigenvalue weighted by Crippen LogP contribution is -2.22. The molecule has 0 saturated heterocycles. The quantitative estimate of drug-likeness (QED) is 0.541. The highest BCUT2D eigenvalue weighted by Gasteiger charge is 2.29. The summed E-state index contributed by atoms with van der Waals surface area (Å²) in [5.41, 5.74) is 2.56. The van der Waals surface area contributed by atoms with Crippen LogP contribution in [0.15, 0.2) is 36.5 Å². The largest absolute Gasteiger partial charge is 0.0989 e. The molecule has 1 rings (SSSR count). The molecule has 0 heterocycles. The highest BCUT2D eigenvalue weighted by Crippen LogP contribution is 2.42. The van der Waals surface area contributed by atoms with Crippen molar-refractivity contribution >= 4 is 0 Å². The average Bonchev–Trinajstić information content (AvgIpc) is 2.05. The maximum Gasteiger partial charge on any atom is 0.0290 e. The maximum absolute atomic E-state index is 4.06. The molecule has 0 aromatic rings. The fourth-order valence-electron chi connectivity index (χ4n) is 1.94. The minimum Gasteiger partial charge on any atom is -0.0989 e. The van der Waals surface area contributed by atoms with Gasteiger partial charge in [0.1, 0.15) is 0 Å². The zero-order chi connectivity index (χ0) is 9.19. The fourth-order valence-corrected chi connectivity index (χ4v) is 1.94. The Morgan fingerprint density at radius 2 is 1.83 bits per heavy atom. The third-order valence-electron chi connectivity index (χ3n) is 2.87. The van der Waals surface area contributed by atoms with Crippen LogP contribution < -0.4 is 0 Å². The number of rotatable bonds is 2. The molecule has 0 bridgehead atoms. The van der Waals surface area contributed by atoms with Gasteiger partial charge in [-0.3, -0.25) is 0 Å². The van der Waals surface area contributed by atoms with E-state index in [9.17, 15) is 0 Å². The topological polar surface area (TPSA) is 0 Å². The third-order valence-corrected chi connectivity index (χ3v) is 2.87.